The average Bonchev–Trinajstić information content (AvgIpc) is 2.74. The van der Waals surface area contributed by atoms with Crippen LogP contribution in [-0.2, 0) is 0 Å². The first-order chi connectivity index (χ1) is 13.5. The fourth-order valence-electron chi connectivity index (χ4n) is 3.44. The SMILES string of the molecule is COc1cc(N2CCN(C(C)=Cc3ccc(OC)c(OC)c3)CC2)ccc1Br. The molecular weight excluding hydrogens is 420 g/mol. The van der Waals surface area contributed by atoms with Crippen molar-refractivity contribution in [2.75, 3.05) is 52.4 Å². The van der Waals surface area contributed by atoms with Gasteiger partial charge in [-0.05, 0) is 58.8 Å². The van der Waals surface area contributed by atoms with E-state index in [0.29, 0.717) is 0 Å². The van der Waals surface area contributed by atoms with Crippen molar-refractivity contribution < 1.29 is 14.2 Å². The molecule has 0 N–H and O–H groups in total. The van der Waals surface area contributed by atoms with Gasteiger partial charge in [0, 0.05) is 43.6 Å². The van der Waals surface area contributed by atoms with Crippen LogP contribution in [0.15, 0.2) is 46.6 Å². The van der Waals surface area contributed by atoms with E-state index >= 15 is 0 Å². The maximum Gasteiger partial charge on any atom is 0.161 e. The lowest BCUT2D eigenvalue weighted by atomic mass is 10.1. The van der Waals surface area contributed by atoms with Gasteiger partial charge in [-0.2, -0.15) is 0 Å². The summed E-state index contributed by atoms with van der Waals surface area (Å²) in [7, 11) is 5.01. The number of hydrogen-bond donors (Lipinski definition) is 0. The van der Waals surface area contributed by atoms with Gasteiger partial charge in [0.15, 0.2) is 11.5 Å². The fraction of sp³-hybridized carbons (Fsp3) is 0.364. The molecule has 0 amide bonds. The van der Waals surface area contributed by atoms with Crippen LogP contribution in [0.25, 0.3) is 6.08 Å². The van der Waals surface area contributed by atoms with Crippen LogP contribution in [0.1, 0.15) is 12.5 Å². The molecule has 0 saturated carbocycles. The van der Waals surface area contributed by atoms with Gasteiger partial charge in [0.2, 0.25) is 0 Å². The lowest BCUT2D eigenvalue weighted by molar-refractivity contribution is 0.324. The number of piperazine rings is 1. The van der Waals surface area contributed by atoms with Crippen molar-refractivity contribution in [3.05, 3.63) is 52.1 Å². The molecule has 0 unspecified atom stereocenters. The molecule has 0 atom stereocenters. The molecule has 1 aliphatic heterocycles. The Morgan fingerprint density at radius 1 is 0.857 bits per heavy atom. The zero-order valence-corrected chi connectivity index (χ0v) is 18.5. The average molecular weight is 447 g/mol. The number of allylic oxidation sites excluding steroid dienone is 1. The molecular formula is C22H27BrN2O3. The highest BCUT2D eigenvalue weighted by atomic mass is 79.9. The largest absolute Gasteiger partial charge is 0.495 e. The van der Waals surface area contributed by atoms with E-state index < -0.39 is 0 Å². The molecule has 5 nitrogen and oxygen atoms in total. The number of ether oxygens (including phenoxy) is 3. The Balaban J connectivity index is 1.66. The third kappa shape index (κ3) is 4.55. The van der Waals surface area contributed by atoms with Crippen LogP contribution < -0.4 is 19.1 Å². The van der Waals surface area contributed by atoms with Gasteiger partial charge in [-0.1, -0.05) is 6.07 Å². The van der Waals surface area contributed by atoms with Gasteiger partial charge in [0.25, 0.3) is 0 Å². The second-order valence-corrected chi connectivity index (χ2v) is 7.55. The minimum absolute atomic E-state index is 0.746. The minimum atomic E-state index is 0.746. The zero-order valence-electron chi connectivity index (χ0n) is 16.9. The summed E-state index contributed by atoms with van der Waals surface area (Å²) < 4.78 is 17.1. The van der Waals surface area contributed by atoms with Crippen molar-refractivity contribution in [1.82, 2.24) is 4.90 Å². The van der Waals surface area contributed by atoms with E-state index in [9.17, 15) is 0 Å². The quantitative estimate of drug-likeness (QED) is 0.644. The van der Waals surface area contributed by atoms with Crippen LogP contribution in [-0.4, -0.2) is 52.4 Å². The fourth-order valence-corrected chi connectivity index (χ4v) is 3.85. The monoisotopic (exact) mass is 446 g/mol. The normalized spacial score (nSPS) is 14.8. The van der Waals surface area contributed by atoms with Crippen molar-refractivity contribution in [1.29, 1.82) is 0 Å². The Bertz CT molecular complexity index is 846. The van der Waals surface area contributed by atoms with E-state index in [2.05, 4.69) is 56.9 Å². The molecule has 1 heterocycles. The highest BCUT2D eigenvalue weighted by molar-refractivity contribution is 9.10. The first-order valence-electron chi connectivity index (χ1n) is 9.29. The van der Waals surface area contributed by atoms with E-state index in [1.807, 2.05) is 18.2 Å². The summed E-state index contributed by atoms with van der Waals surface area (Å²) >= 11 is 3.52. The predicted octanol–water partition coefficient (Wildman–Crippen LogP) is 4.66. The Hall–Kier alpha value is -2.34. The summed E-state index contributed by atoms with van der Waals surface area (Å²) in [6.45, 7) is 6.07. The second-order valence-electron chi connectivity index (χ2n) is 6.69. The molecule has 1 saturated heterocycles. The van der Waals surface area contributed by atoms with Gasteiger partial charge in [0.1, 0.15) is 5.75 Å². The van der Waals surface area contributed by atoms with Crippen LogP contribution >= 0.6 is 15.9 Å². The molecule has 1 aliphatic rings. The molecule has 0 radical (unpaired) electrons. The van der Waals surface area contributed by atoms with E-state index in [1.165, 1.54) is 11.4 Å². The zero-order chi connectivity index (χ0) is 20.1. The third-order valence-electron chi connectivity index (χ3n) is 5.06. The first kappa shape index (κ1) is 20.4. The molecule has 0 bridgehead atoms. The Morgan fingerprint density at radius 3 is 2.18 bits per heavy atom. The van der Waals surface area contributed by atoms with Crippen LogP contribution in [0.3, 0.4) is 0 Å². The lowest BCUT2D eigenvalue weighted by Gasteiger charge is -2.38. The highest BCUT2D eigenvalue weighted by Gasteiger charge is 2.18. The molecule has 0 aromatic heterocycles. The summed E-state index contributed by atoms with van der Waals surface area (Å²) in [5.41, 5.74) is 3.55. The van der Waals surface area contributed by atoms with Gasteiger partial charge in [0.05, 0.1) is 25.8 Å². The highest BCUT2D eigenvalue weighted by Crippen LogP contribution is 2.31. The van der Waals surface area contributed by atoms with Crippen molar-refractivity contribution in [3.63, 3.8) is 0 Å². The minimum Gasteiger partial charge on any atom is -0.495 e. The van der Waals surface area contributed by atoms with Gasteiger partial charge in [-0.15, -0.1) is 0 Å². The Labute approximate surface area is 175 Å². The topological polar surface area (TPSA) is 34.2 Å². The summed E-state index contributed by atoms with van der Waals surface area (Å²) in [5, 5.41) is 0. The van der Waals surface area contributed by atoms with E-state index in [1.54, 1.807) is 21.3 Å². The molecule has 2 aromatic rings. The lowest BCUT2D eigenvalue weighted by Crippen LogP contribution is -2.45. The molecule has 150 valence electrons. The number of rotatable bonds is 6. The first-order valence-corrected chi connectivity index (χ1v) is 10.1. The van der Waals surface area contributed by atoms with Crippen molar-refractivity contribution in [2.24, 2.45) is 0 Å². The summed E-state index contributed by atoms with van der Waals surface area (Å²) in [4.78, 5) is 4.82. The van der Waals surface area contributed by atoms with Crippen LogP contribution in [0.2, 0.25) is 0 Å². The summed E-state index contributed by atoms with van der Waals surface area (Å²) in [6, 6.07) is 12.3. The molecule has 28 heavy (non-hydrogen) atoms. The summed E-state index contributed by atoms with van der Waals surface area (Å²) in [6.07, 6.45) is 2.19. The molecule has 6 heteroatoms. The van der Waals surface area contributed by atoms with Crippen molar-refractivity contribution >= 4 is 27.7 Å². The number of methoxy groups -OCH3 is 3. The predicted molar refractivity (Wildman–Crippen MR) is 118 cm³/mol. The Kier molecular flexibility index (Phi) is 6.73. The molecule has 2 aromatic carbocycles. The van der Waals surface area contributed by atoms with Gasteiger partial charge in [-0.25, -0.2) is 0 Å². The Morgan fingerprint density at radius 2 is 1.54 bits per heavy atom. The number of benzene rings is 2. The second kappa shape index (κ2) is 9.24. The van der Waals surface area contributed by atoms with Gasteiger partial charge < -0.3 is 24.0 Å². The van der Waals surface area contributed by atoms with Crippen LogP contribution in [0.4, 0.5) is 5.69 Å². The third-order valence-corrected chi connectivity index (χ3v) is 5.72. The van der Waals surface area contributed by atoms with Crippen LogP contribution in [0.5, 0.6) is 17.2 Å². The molecule has 1 fully saturated rings. The van der Waals surface area contributed by atoms with Crippen molar-refractivity contribution in [2.45, 2.75) is 6.92 Å². The van der Waals surface area contributed by atoms with Gasteiger partial charge >= 0.3 is 0 Å². The molecule has 3 rings (SSSR count). The number of hydrogen-bond acceptors (Lipinski definition) is 5. The van der Waals surface area contributed by atoms with E-state index in [-0.39, 0.29) is 0 Å². The number of anilines is 1. The number of nitrogens with zero attached hydrogens (tertiary/aromatic N) is 2. The van der Waals surface area contributed by atoms with E-state index in [4.69, 9.17) is 14.2 Å². The van der Waals surface area contributed by atoms with Crippen molar-refractivity contribution in [3.8, 4) is 17.2 Å². The van der Waals surface area contributed by atoms with E-state index in [0.717, 1.165) is 53.5 Å². The molecule has 0 spiro atoms. The summed E-state index contributed by atoms with van der Waals surface area (Å²) in [5.74, 6) is 2.36. The van der Waals surface area contributed by atoms with Crippen LogP contribution in [0, 0.1) is 0 Å². The molecule has 0 aliphatic carbocycles. The maximum atomic E-state index is 5.43. The smallest absolute Gasteiger partial charge is 0.161 e. The maximum absolute atomic E-state index is 5.43. The standard InChI is InChI=1S/C22H27BrN2O3/c1-16(13-17-5-8-20(26-2)22(14-17)28-4)24-9-11-25(12-10-24)18-6-7-19(23)21(15-18)27-3/h5-8,13-15H,9-12H2,1-4H3. The van der Waals surface area contributed by atoms with Gasteiger partial charge in [-0.3, -0.25) is 0 Å². The number of halogens is 1.